The smallest absolute Gasteiger partial charge is 0.119 e. The van der Waals surface area contributed by atoms with Gasteiger partial charge < -0.3 is 24.8 Å². The molecule has 0 radical (unpaired) electrons. The molecule has 142 valence electrons. The normalized spacial score (nSPS) is 13.4. The summed E-state index contributed by atoms with van der Waals surface area (Å²) in [6.45, 7) is 1.15. The van der Waals surface area contributed by atoms with Crippen LogP contribution in [0.25, 0.3) is 0 Å². The van der Waals surface area contributed by atoms with E-state index in [4.69, 9.17) is 9.47 Å². The Morgan fingerprint density at radius 1 is 0.731 bits per heavy atom. The fourth-order valence-corrected chi connectivity index (χ4v) is 2.52. The first-order chi connectivity index (χ1) is 12.7. The van der Waals surface area contributed by atoms with E-state index in [-0.39, 0.29) is 32.9 Å². The molecule has 2 rings (SSSR count). The van der Waals surface area contributed by atoms with E-state index >= 15 is 0 Å². The number of para-hydroxylation sites is 2. The quantitative estimate of drug-likeness (QED) is 0.526. The lowest BCUT2D eigenvalue weighted by molar-refractivity contribution is 0.0256. The summed E-state index contributed by atoms with van der Waals surface area (Å²) < 4.78 is 11.1. The first-order valence-corrected chi connectivity index (χ1v) is 8.72. The largest absolute Gasteiger partial charge is 0.491 e. The predicted octanol–water partition coefficient (Wildman–Crippen LogP) is 1.16. The monoisotopic (exact) mass is 361 g/mol. The SMILES string of the molecule is OCCN(CC(O)COc1ccccc1)CC(O)COc1ccccc1. The molecule has 0 aliphatic carbocycles. The Morgan fingerprint density at radius 3 is 1.54 bits per heavy atom. The van der Waals surface area contributed by atoms with Gasteiger partial charge in [-0.15, -0.1) is 0 Å². The van der Waals surface area contributed by atoms with E-state index < -0.39 is 12.2 Å². The molecule has 0 bridgehead atoms. The summed E-state index contributed by atoms with van der Waals surface area (Å²) in [4.78, 5) is 1.79. The van der Waals surface area contributed by atoms with Crippen LogP contribution in [0, 0.1) is 0 Å². The molecule has 2 atom stereocenters. The molecule has 0 saturated heterocycles. The van der Waals surface area contributed by atoms with Crippen LogP contribution in [-0.4, -0.2) is 71.9 Å². The van der Waals surface area contributed by atoms with Crippen LogP contribution < -0.4 is 9.47 Å². The second-order valence-corrected chi connectivity index (χ2v) is 6.04. The van der Waals surface area contributed by atoms with E-state index in [0.717, 1.165) is 0 Å². The molecule has 0 aliphatic heterocycles. The number of hydrogen-bond donors (Lipinski definition) is 3. The van der Waals surface area contributed by atoms with Gasteiger partial charge in [0.25, 0.3) is 0 Å². The summed E-state index contributed by atoms with van der Waals surface area (Å²) >= 11 is 0. The van der Waals surface area contributed by atoms with E-state index in [1.165, 1.54) is 0 Å². The lowest BCUT2D eigenvalue weighted by Crippen LogP contribution is -2.42. The maximum Gasteiger partial charge on any atom is 0.119 e. The highest BCUT2D eigenvalue weighted by Crippen LogP contribution is 2.10. The first-order valence-electron chi connectivity index (χ1n) is 8.72. The van der Waals surface area contributed by atoms with Gasteiger partial charge in [0.15, 0.2) is 0 Å². The second kappa shape index (κ2) is 11.5. The van der Waals surface area contributed by atoms with Gasteiger partial charge in [0.2, 0.25) is 0 Å². The molecule has 2 unspecified atom stereocenters. The van der Waals surface area contributed by atoms with Crippen LogP contribution in [0.3, 0.4) is 0 Å². The van der Waals surface area contributed by atoms with Crippen LogP contribution in [0.1, 0.15) is 0 Å². The van der Waals surface area contributed by atoms with Crippen molar-refractivity contribution in [3.8, 4) is 11.5 Å². The average molecular weight is 361 g/mol. The number of ether oxygens (including phenoxy) is 2. The molecule has 3 N–H and O–H groups in total. The zero-order valence-corrected chi connectivity index (χ0v) is 14.8. The third-order valence-corrected chi connectivity index (χ3v) is 3.73. The minimum atomic E-state index is -0.732. The number of rotatable bonds is 12. The topological polar surface area (TPSA) is 82.4 Å². The Kier molecular flexibility index (Phi) is 8.92. The third kappa shape index (κ3) is 7.84. The Morgan fingerprint density at radius 2 is 1.15 bits per heavy atom. The summed E-state index contributed by atoms with van der Waals surface area (Å²) in [6.07, 6.45) is -1.46. The number of nitrogens with zero attached hydrogens (tertiary/aromatic N) is 1. The van der Waals surface area contributed by atoms with Gasteiger partial charge in [-0.3, -0.25) is 4.90 Å². The van der Waals surface area contributed by atoms with Crippen LogP contribution in [0.5, 0.6) is 11.5 Å². The molecular formula is C20H27NO5. The van der Waals surface area contributed by atoms with Crippen LogP contribution in [0.15, 0.2) is 60.7 Å². The van der Waals surface area contributed by atoms with Crippen molar-refractivity contribution in [2.24, 2.45) is 0 Å². The first kappa shape index (κ1) is 20.2. The highest BCUT2D eigenvalue weighted by atomic mass is 16.5. The molecule has 0 aliphatic rings. The van der Waals surface area contributed by atoms with Gasteiger partial charge in [-0.25, -0.2) is 0 Å². The third-order valence-electron chi connectivity index (χ3n) is 3.73. The maximum atomic E-state index is 10.2. The van der Waals surface area contributed by atoms with E-state index in [0.29, 0.717) is 18.0 Å². The van der Waals surface area contributed by atoms with Crippen molar-refractivity contribution in [1.29, 1.82) is 0 Å². The fraction of sp³-hybridized carbons (Fsp3) is 0.400. The summed E-state index contributed by atoms with van der Waals surface area (Å²) in [5, 5.41) is 29.5. The van der Waals surface area contributed by atoms with Crippen LogP contribution in [0.2, 0.25) is 0 Å². The van der Waals surface area contributed by atoms with E-state index in [9.17, 15) is 15.3 Å². The van der Waals surface area contributed by atoms with Crippen molar-refractivity contribution in [3.63, 3.8) is 0 Å². The van der Waals surface area contributed by atoms with Crippen molar-refractivity contribution in [2.75, 3.05) is 39.5 Å². The van der Waals surface area contributed by atoms with Gasteiger partial charge >= 0.3 is 0 Å². The Labute approximate surface area is 154 Å². The summed E-state index contributed by atoms with van der Waals surface area (Å²) in [5.74, 6) is 1.38. The number of aliphatic hydroxyl groups excluding tert-OH is 3. The molecule has 2 aromatic carbocycles. The molecule has 6 nitrogen and oxygen atoms in total. The van der Waals surface area contributed by atoms with E-state index in [1.54, 1.807) is 4.90 Å². The average Bonchev–Trinajstić information content (AvgIpc) is 2.66. The Balaban J connectivity index is 1.73. The van der Waals surface area contributed by atoms with Gasteiger partial charge in [-0.1, -0.05) is 36.4 Å². The lowest BCUT2D eigenvalue weighted by Gasteiger charge is -2.26. The zero-order valence-electron chi connectivity index (χ0n) is 14.8. The van der Waals surface area contributed by atoms with Crippen molar-refractivity contribution in [3.05, 3.63) is 60.7 Å². The fourth-order valence-electron chi connectivity index (χ4n) is 2.52. The molecule has 0 saturated carbocycles. The highest BCUT2D eigenvalue weighted by Gasteiger charge is 2.16. The van der Waals surface area contributed by atoms with Crippen LogP contribution >= 0.6 is 0 Å². The van der Waals surface area contributed by atoms with Crippen LogP contribution in [-0.2, 0) is 0 Å². The van der Waals surface area contributed by atoms with Crippen molar-refractivity contribution < 1.29 is 24.8 Å². The van der Waals surface area contributed by atoms with Crippen LogP contribution in [0.4, 0.5) is 0 Å². The highest BCUT2D eigenvalue weighted by molar-refractivity contribution is 5.21. The molecule has 26 heavy (non-hydrogen) atoms. The van der Waals surface area contributed by atoms with Gasteiger partial charge in [-0.2, -0.15) is 0 Å². The predicted molar refractivity (Wildman–Crippen MR) is 99.4 cm³/mol. The molecule has 6 heteroatoms. The van der Waals surface area contributed by atoms with Gasteiger partial charge in [0, 0.05) is 19.6 Å². The molecule has 0 spiro atoms. The van der Waals surface area contributed by atoms with Crippen molar-refractivity contribution in [1.82, 2.24) is 4.90 Å². The second-order valence-electron chi connectivity index (χ2n) is 6.04. The number of hydrogen-bond acceptors (Lipinski definition) is 6. The standard InChI is InChI=1S/C20H27NO5/c22-12-11-21(13-17(23)15-25-19-7-3-1-4-8-19)14-18(24)16-26-20-9-5-2-6-10-20/h1-10,17-18,22-24H,11-16H2. The van der Waals surface area contributed by atoms with Crippen molar-refractivity contribution in [2.45, 2.75) is 12.2 Å². The number of aliphatic hydroxyl groups is 3. The summed E-state index contributed by atoms with van der Waals surface area (Å²) in [6, 6.07) is 18.5. The molecular weight excluding hydrogens is 334 g/mol. The Hall–Kier alpha value is -2.12. The summed E-state index contributed by atoms with van der Waals surface area (Å²) in [5.41, 5.74) is 0. The van der Waals surface area contributed by atoms with Gasteiger partial charge in [0.05, 0.1) is 6.61 Å². The zero-order chi connectivity index (χ0) is 18.6. The van der Waals surface area contributed by atoms with E-state index in [1.807, 2.05) is 60.7 Å². The number of benzene rings is 2. The van der Waals surface area contributed by atoms with Gasteiger partial charge in [-0.05, 0) is 24.3 Å². The van der Waals surface area contributed by atoms with E-state index in [2.05, 4.69) is 0 Å². The minimum absolute atomic E-state index is 0.0570. The molecule has 0 heterocycles. The van der Waals surface area contributed by atoms with Crippen molar-refractivity contribution >= 4 is 0 Å². The molecule has 0 aromatic heterocycles. The minimum Gasteiger partial charge on any atom is -0.491 e. The lowest BCUT2D eigenvalue weighted by atomic mass is 10.2. The molecule has 0 fully saturated rings. The molecule has 2 aromatic rings. The molecule has 0 amide bonds. The summed E-state index contributed by atoms with van der Waals surface area (Å²) in [7, 11) is 0. The Bertz CT molecular complexity index is 544. The van der Waals surface area contributed by atoms with Gasteiger partial charge in [0.1, 0.15) is 36.9 Å². The maximum absolute atomic E-state index is 10.2.